The van der Waals surface area contributed by atoms with Crippen LogP contribution in [0.2, 0.25) is 0 Å². The normalized spacial score (nSPS) is 11.3. The number of unbranched alkanes of at least 4 members (excludes halogenated alkanes) is 5. The fourth-order valence-electron chi connectivity index (χ4n) is 4.59. The number of benzene rings is 3. The van der Waals surface area contributed by atoms with E-state index in [0.29, 0.717) is 18.8 Å². The molecule has 0 aliphatic heterocycles. The van der Waals surface area contributed by atoms with Crippen LogP contribution >= 0.6 is 0 Å². The molecule has 3 aromatic carbocycles. The average Bonchev–Trinajstić information content (AvgIpc) is 3.33. The summed E-state index contributed by atoms with van der Waals surface area (Å²) in [7, 11) is 6.32. The lowest BCUT2D eigenvalue weighted by Gasteiger charge is -2.23. The first-order chi connectivity index (χ1) is 18.4. The van der Waals surface area contributed by atoms with Crippen molar-refractivity contribution in [1.29, 1.82) is 0 Å². The molecule has 6 heteroatoms. The number of rotatable bonds is 14. The van der Waals surface area contributed by atoms with E-state index in [1.807, 2.05) is 42.5 Å². The van der Waals surface area contributed by atoms with Gasteiger partial charge in [0.05, 0.1) is 33.3 Å². The van der Waals surface area contributed by atoms with E-state index in [1.54, 1.807) is 0 Å². The van der Waals surface area contributed by atoms with Gasteiger partial charge in [0.25, 0.3) is 0 Å². The van der Waals surface area contributed by atoms with E-state index in [1.165, 1.54) is 35.7 Å². The number of halogens is 1. The lowest BCUT2D eigenvalue weighted by Crippen LogP contribution is -3.00. The summed E-state index contributed by atoms with van der Waals surface area (Å²) in [5.41, 5.74) is 4.21. The highest BCUT2D eigenvalue weighted by Gasteiger charge is 2.13. The standard InChI is InChI=1S/C33H41N2O3.HI/c1-35(2,3)30-17-15-28(16-18-30)33(36)37-24-12-7-5-4-6-11-22-34-23-21-29-25-31(19-20-32(29)34)38-26-27-13-9-8-10-14-27;/h8-10,13-21,23,25H,4-7,11-12,22,24,26H2,1-3H3;1H/q+1;/p-1. The first-order valence-electron chi connectivity index (χ1n) is 13.7. The molecule has 39 heavy (non-hydrogen) atoms. The highest BCUT2D eigenvalue weighted by molar-refractivity contribution is 5.89. The van der Waals surface area contributed by atoms with Crippen LogP contribution < -0.4 is 33.2 Å². The summed E-state index contributed by atoms with van der Waals surface area (Å²) in [6.45, 7) is 2.10. The molecule has 0 amide bonds. The van der Waals surface area contributed by atoms with Crippen LogP contribution in [0.5, 0.6) is 5.75 Å². The summed E-state index contributed by atoms with van der Waals surface area (Å²) >= 11 is 0. The first-order valence-corrected chi connectivity index (χ1v) is 13.7. The van der Waals surface area contributed by atoms with Gasteiger partial charge in [0.2, 0.25) is 0 Å². The predicted octanol–water partition coefficient (Wildman–Crippen LogP) is 4.62. The summed E-state index contributed by atoms with van der Waals surface area (Å²) in [4.78, 5) is 12.3. The van der Waals surface area contributed by atoms with Crippen molar-refractivity contribution in [2.45, 2.75) is 51.7 Å². The summed E-state index contributed by atoms with van der Waals surface area (Å²) in [5.74, 6) is 0.675. The number of aromatic nitrogens is 1. The van der Waals surface area contributed by atoms with Gasteiger partial charge in [-0.1, -0.05) is 56.0 Å². The van der Waals surface area contributed by atoms with Gasteiger partial charge in [-0.05, 0) is 66.9 Å². The van der Waals surface area contributed by atoms with Gasteiger partial charge in [-0.15, -0.1) is 0 Å². The molecule has 4 rings (SSSR count). The second-order valence-corrected chi connectivity index (χ2v) is 10.8. The Hall–Kier alpha value is -2.84. The highest BCUT2D eigenvalue weighted by Crippen LogP contribution is 2.24. The molecule has 0 radical (unpaired) electrons. The van der Waals surface area contributed by atoms with Gasteiger partial charge in [0, 0.05) is 23.6 Å². The van der Waals surface area contributed by atoms with Crippen LogP contribution in [-0.4, -0.2) is 38.3 Å². The van der Waals surface area contributed by atoms with E-state index in [0.717, 1.165) is 41.7 Å². The largest absolute Gasteiger partial charge is 1.00 e. The zero-order valence-electron chi connectivity index (χ0n) is 23.4. The second-order valence-electron chi connectivity index (χ2n) is 10.8. The topological polar surface area (TPSA) is 40.5 Å². The molecule has 5 nitrogen and oxygen atoms in total. The predicted molar refractivity (Wildman–Crippen MR) is 157 cm³/mol. The number of carbonyl (C=O) groups excluding carboxylic acids is 1. The molecule has 0 N–H and O–H groups in total. The van der Waals surface area contributed by atoms with Gasteiger partial charge >= 0.3 is 5.97 Å². The highest BCUT2D eigenvalue weighted by atomic mass is 127. The molecule has 0 saturated carbocycles. The van der Waals surface area contributed by atoms with Crippen molar-refractivity contribution in [2.75, 3.05) is 27.7 Å². The third-order valence-corrected chi connectivity index (χ3v) is 6.89. The van der Waals surface area contributed by atoms with Crippen molar-refractivity contribution in [2.24, 2.45) is 0 Å². The smallest absolute Gasteiger partial charge is 0.338 e. The number of carbonyl (C=O) groups is 1. The second kappa shape index (κ2) is 15.1. The minimum absolute atomic E-state index is 0. The van der Waals surface area contributed by atoms with E-state index >= 15 is 0 Å². The maximum atomic E-state index is 12.3. The number of fused-ring (bicyclic) bond motifs is 1. The average molecular weight is 641 g/mol. The fraction of sp³-hybridized carbons (Fsp3) is 0.364. The number of ether oxygens (including phenoxy) is 2. The molecule has 0 saturated heterocycles. The van der Waals surface area contributed by atoms with Gasteiger partial charge in [-0.25, -0.2) is 4.79 Å². The minimum atomic E-state index is -0.230. The van der Waals surface area contributed by atoms with Gasteiger partial charge < -0.3 is 38.0 Å². The zero-order chi connectivity index (χ0) is 26.8. The van der Waals surface area contributed by atoms with Gasteiger partial charge in [0.1, 0.15) is 18.0 Å². The molecule has 0 aliphatic carbocycles. The van der Waals surface area contributed by atoms with Crippen molar-refractivity contribution < 1.29 is 38.2 Å². The van der Waals surface area contributed by atoms with Crippen molar-refractivity contribution in [3.8, 4) is 5.75 Å². The third kappa shape index (κ3) is 9.39. The van der Waals surface area contributed by atoms with E-state index in [9.17, 15) is 4.79 Å². The van der Waals surface area contributed by atoms with Gasteiger partial charge in [-0.3, -0.25) is 4.48 Å². The van der Waals surface area contributed by atoms with Crippen LogP contribution in [0.15, 0.2) is 85.1 Å². The summed E-state index contributed by atoms with van der Waals surface area (Å²) in [6.07, 6.45) is 8.92. The summed E-state index contributed by atoms with van der Waals surface area (Å²) in [5, 5.41) is 1.22. The summed E-state index contributed by atoms with van der Waals surface area (Å²) in [6, 6.07) is 26.5. The van der Waals surface area contributed by atoms with Crippen molar-refractivity contribution >= 4 is 22.6 Å². The molecule has 208 valence electrons. The van der Waals surface area contributed by atoms with Gasteiger partial charge in [0.15, 0.2) is 0 Å². The Bertz CT molecular complexity index is 1290. The molecule has 1 heterocycles. The lowest BCUT2D eigenvalue weighted by atomic mass is 10.1. The molecule has 0 fully saturated rings. The number of quaternary nitrogens is 1. The Morgan fingerprint density at radius 3 is 2.21 bits per heavy atom. The molecule has 0 bridgehead atoms. The lowest BCUT2D eigenvalue weighted by molar-refractivity contribution is -0.0000265. The number of aryl methyl sites for hydroxylation is 1. The van der Waals surface area contributed by atoms with Crippen LogP contribution in [0.4, 0.5) is 5.69 Å². The van der Waals surface area contributed by atoms with Crippen molar-refractivity contribution in [3.63, 3.8) is 0 Å². The van der Waals surface area contributed by atoms with E-state index in [2.05, 4.69) is 68.3 Å². The Labute approximate surface area is 250 Å². The molecular weight excluding hydrogens is 599 g/mol. The van der Waals surface area contributed by atoms with E-state index in [-0.39, 0.29) is 29.9 Å². The number of nitrogens with zero attached hydrogens (tertiary/aromatic N) is 2. The summed E-state index contributed by atoms with van der Waals surface area (Å²) < 4.78 is 14.5. The maximum Gasteiger partial charge on any atom is 0.338 e. The number of esters is 1. The first kappa shape index (κ1) is 30.7. The molecule has 0 spiro atoms. The fourth-order valence-corrected chi connectivity index (χ4v) is 4.59. The zero-order valence-corrected chi connectivity index (χ0v) is 25.6. The number of hydrogen-bond acceptors (Lipinski definition) is 3. The van der Waals surface area contributed by atoms with Crippen LogP contribution in [0.3, 0.4) is 0 Å². The van der Waals surface area contributed by atoms with Crippen molar-refractivity contribution in [1.82, 2.24) is 9.05 Å². The molecule has 4 aromatic rings. The third-order valence-electron chi connectivity index (χ3n) is 6.89. The molecule has 0 aliphatic rings. The molecule has 0 unspecified atom stereocenters. The quantitative estimate of drug-likeness (QED) is 0.0875. The minimum Gasteiger partial charge on any atom is -1.00 e. The van der Waals surface area contributed by atoms with Crippen LogP contribution in [-0.2, 0) is 17.9 Å². The van der Waals surface area contributed by atoms with Crippen molar-refractivity contribution in [3.05, 3.63) is 96.2 Å². The monoisotopic (exact) mass is 640 g/mol. The Balaban J connectivity index is 0.00000420. The van der Waals surface area contributed by atoms with E-state index in [4.69, 9.17) is 9.47 Å². The molecular formula is C33H41IN2O3. The number of hydrogen-bond donors (Lipinski definition) is 0. The Morgan fingerprint density at radius 1 is 0.795 bits per heavy atom. The van der Waals surface area contributed by atoms with Crippen LogP contribution in [0, 0.1) is 0 Å². The van der Waals surface area contributed by atoms with E-state index < -0.39 is 0 Å². The SMILES string of the molecule is C[N+](C)(C)c1ccc(C(=O)OCCCCCCCCn2ccc3cc(OCc4ccccc4)ccc32)cc1.[I-]. The molecule has 1 aromatic heterocycles. The Kier molecular flexibility index (Phi) is 11.9. The Morgan fingerprint density at radius 2 is 1.49 bits per heavy atom. The maximum absolute atomic E-state index is 12.3. The van der Waals surface area contributed by atoms with Crippen LogP contribution in [0.1, 0.15) is 54.4 Å². The van der Waals surface area contributed by atoms with Crippen LogP contribution in [0.25, 0.3) is 10.9 Å². The molecule has 0 atom stereocenters. The van der Waals surface area contributed by atoms with Gasteiger partial charge in [-0.2, -0.15) is 0 Å².